The summed E-state index contributed by atoms with van der Waals surface area (Å²) in [4.78, 5) is 27.2. The summed E-state index contributed by atoms with van der Waals surface area (Å²) in [7, 11) is 0. The zero-order valence-electron chi connectivity index (χ0n) is 14.0. The summed E-state index contributed by atoms with van der Waals surface area (Å²) in [5.41, 5.74) is 1.60. The van der Waals surface area contributed by atoms with E-state index in [0.29, 0.717) is 12.1 Å². The van der Waals surface area contributed by atoms with E-state index < -0.39 is 0 Å². The third-order valence-electron chi connectivity index (χ3n) is 5.28. The molecule has 6 nitrogen and oxygen atoms in total. The van der Waals surface area contributed by atoms with Crippen LogP contribution in [0, 0.1) is 0 Å². The van der Waals surface area contributed by atoms with Crippen LogP contribution in [0.5, 0.6) is 0 Å². The van der Waals surface area contributed by atoms with Crippen molar-refractivity contribution in [3.8, 4) is 0 Å². The van der Waals surface area contributed by atoms with Crippen LogP contribution in [-0.2, 0) is 4.79 Å². The molecular formula is C19H22N4O2. The van der Waals surface area contributed by atoms with Crippen molar-refractivity contribution in [2.24, 2.45) is 0 Å². The van der Waals surface area contributed by atoms with E-state index in [4.69, 9.17) is 0 Å². The average Bonchev–Trinajstić information content (AvgIpc) is 3.26. The monoisotopic (exact) mass is 338 g/mol. The molecule has 2 aliphatic heterocycles. The summed E-state index contributed by atoms with van der Waals surface area (Å²) in [5.74, 6) is 0.0472. The lowest BCUT2D eigenvalue weighted by Gasteiger charge is -2.32. The molecule has 2 aliphatic rings. The SMILES string of the molecule is O=C1CCCC[C@H]2[C@@H](C[C@@H](c3ccccc3)N2C(=O)c2ccn[nH]2)N1. The average molecular weight is 338 g/mol. The molecule has 4 rings (SSSR count). The molecule has 2 aromatic rings. The van der Waals surface area contributed by atoms with Crippen molar-refractivity contribution in [1.29, 1.82) is 0 Å². The molecule has 2 fully saturated rings. The van der Waals surface area contributed by atoms with Crippen molar-refractivity contribution in [3.05, 3.63) is 53.9 Å². The molecule has 130 valence electrons. The number of carbonyl (C=O) groups excluding carboxylic acids is 2. The van der Waals surface area contributed by atoms with E-state index in [1.54, 1.807) is 12.3 Å². The number of carbonyl (C=O) groups is 2. The fourth-order valence-electron chi connectivity index (χ4n) is 4.13. The molecule has 2 N–H and O–H groups in total. The normalized spacial score (nSPS) is 26.5. The van der Waals surface area contributed by atoms with E-state index in [0.717, 1.165) is 31.2 Å². The fourth-order valence-corrected chi connectivity index (χ4v) is 4.13. The van der Waals surface area contributed by atoms with Gasteiger partial charge in [0.1, 0.15) is 5.69 Å². The number of likely N-dealkylation sites (tertiary alicyclic amines) is 1. The Hall–Kier alpha value is -2.63. The van der Waals surface area contributed by atoms with Crippen LogP contribution in [0.15, 0.2) is 42.6 Å². The van der Waals surface area contributed by atoms with E-state index in [1.807, 2.05) is 23.1 Å². The first-order chi connectivity index (χ1) is 12.2. The highest BCUT2D eigenvalue weighted by atomic mass is 16.2. The summed E-state index contributed by atoms with van der Waals surface area (Å²) >= 11 is 0. The lowest BCUT2D eigenvalue weighted by molar-refractivity contribution is -0.122. The predicted octanol–water partition coefficient (Wildman–Crippen LogP) is 2.42. The Morgan fingerprint density at radius 1 is 1.16 bits per heavy atom. The zero-order valence-corrected chi connectivity index (χ0v) is 14.0. The van der Waals surface area contributed by atoms with Gasteiger partial charge in [0.05, 0.1) is 18.1 Å². The van der Waals surface area contributed by atoms with E-state index in [-0.39, 0.29) is 29.9 Å². The number of H-pyrrole nitrogens is 1. The van der Waals surface area contributed by atoms with Crippen molar-refractivity contribution in [3.63, 3.8) is 0 Å². The summed E-state index contributed by atoms with van der Waals surface area (Å²) < 4.78 is 0. The van der Waals surface area contributed by atoms with Crippen LogP contribution in [-0.4, -0.2) is 39.0 Å². The van der Waals surface area contributed by atoms with Crippen molar-refractivity contribution in [2.75, 3.05) is 0 Å². The van der Waals surface area contributed by atoms with Crippen LogP contribution < -0.4 is 5.32 Å². The molecule has 0 bridgehead atoms. The molecule has 1 aromatic heterocycles. The Balaban J connectivity index is 1.71. The second kappa shape index (κ2) is 6.70. The van der Waals surface area contributed by atoms with Crippen molar-refractivity contribution < 1.29 is 9.59 Å². The summed E-state index contributed by atoms with van der Waals surface area (Å²) in [6.45, 7) is 0. The maximum absolute atomic E-state index is 13.2. The smallest absolute Gasteiger partial charge is 0.272 e. The van der Waals surface area contributed by atoms with Crippen LogP contribution in [0.1, 0.15) is 54.2 Å². The minimum Gasteiger partial charge on any atom is -0.351 e. The van der Waals surface area contributed by atoms with Gasteiger partial charge in [0.25, 0.3) is 5.91 Å². The van der Waals surface area contributed by atoms with Gasteiger partial charge in [-0.05, 0) is 30.9 Å². The molecule has 0 saturated carbocycles. The minimum absolute atomic E-state index is 0.00452. The summed E-state index contributed by atoms with van der Waals surface area (Å²) in [6.07, 6.45) is 5.67. The van der Waals surface area contributed by atoms with Crippen LogP contribution >= 0.6 is 0 Å². The molecule has 0 radical (unpaired) electrons. The van der Waals surface area contributed by atoms with Gasteiger partial charge in [0, 0.05) is 12.6 Å². The molecule has 2 saturated heterocycles. The number of fused-ring (bicyclic) bond motifs is 1. The largest absolute Gasteiger partial charge is 0.351 e. The van der Waals surface area contributed by atoms with E-state index >= 15 is 0 Å². The highest BCUT2D eigenvalue weighted by molar-refractivity contribution is 5.93. The van der Waals surface area contributed by atoms with Crippen LogP contribution in [0.2, 0.25) is 0 Å². The molecule has 2 amide bonds. The molecule has 3 atom stereocenters. The Labute approximate surface area is 146 Å². The molecular weight excluding hydrogens is 316 g/mol. The lowest BCUT2D eigenvalue weighted by Crippen LogP contribution is -2.48. The number of amides is 2. The van der Waals surface area contributed by atoms with Gasteiger partial charge < -0.3 is 10.2 Å². The Morgan fingerprint density at radius 2 is 2.00 bits per heavy atom. The number of hydrogen-bond donors (Lipinski definition) is 2. The fraction of sp³-hybridized carbons (Fsp3) is 0.421. The number of rotatable bonds is 2. The van der Waals surface area contributed by atoms with Crippen molar-refractivity contribution in [2.45, 2.75) is 50.2 Å². The van der Waals surface area contributed by atoms with Crippen LogP contribution in [0.4, 0.5) is 0 Å². The lowest BCUT2D eigenvalue weighted by atomic mass is 9.97. The van der Waals surface area contributed by atoms with Gasteiger partial charge in [-0.1, -0.05) is 36.8 Å². The van der Waals surface area contributed by atoms with E-state index in [1.165, 1.54) is 0 Å². The van der Waals surface area contributed by atoms with Gasteiger partial charge in [-0.15, -0.1) is 0 Å². The predicted molar refractivity (Wildman–Crippen MR) is 92.7 cm³/mol. The van der Waals surface area contributed by atoms with Gasteiger partial charge >= 0.3 is 0 Å². The Kier molecular flexibility index (Phi) is 4.26. The van der Waals surface area contributed by atoms with Crippen LogP contribution in [0.25, 0.3) is 0 Å². The first-order valence-corrected chi connectivity index (χ1v) is 8.90. The molecule has 0 unspecified atom stereocenters. The number of benzene rings is 1. The maximum atomic E-state index is 13.2. The topological polar surface area (TPSA) is 78.1 Å². The number of nitrogens with zero attached hydrogens (tertiary/aromatic N) is 2. The third kappa shape index (κ3) is 3.04. The highest BCUT2D eigenvalue weighted by Crippen LogP contribution is 2.39. The van der Waals surface area contributed by atoms with E-state index in [9.17, 15) is 9.59 Å². The summed E-state index contributed by atoms with van der Waals surface area (Å²) in [6, 6.07) is 11.8. The maximum Gasteiger partial charge on any atom is 0.272 e. The molecule has 0 aliphatic carbocycles. The number of aromatic amines is 1. The van der Waals surface area contributed by atoms with Gasteiger partial charge in [0.15, 0.2) is 0 Å². The first-order valence-electron chi connectivity index (χ1n) is 8.90. The van der Waals surface area contributed by atoms with Crippen LogP contribution in [0.3, 0.4) is 0 Å². The Bertz CT molecular complexity index is 744. The molecule has 6 heteroatoms. The Morgan fingerprint density at radius 3 is 2.76 bits per heavy atom. The van der Waals surface area contributed by atoms with Gasteiger partial charge in [-0.25, -0.2) is 0 Å². The van der Waals surface area contributed by atoms with Crippen molar-refractivity contribution >= 4 is 11.8 Å². The number of nitrogens with one attached hydrogen (secondary N) is 2. The molecule has 3 heterocycles. The quantitative estimate of drug-likeness (QED) is 0.883. The van der Waals surface area contributed by atoms with E-state index in [2.05, 4.69) is 27.6 Å². The van der Waals surface area contributed by atoms with Gasteiger partial charge in [0.2, 0.25) is 5.91 Å². The molecule has 25 heavy (non-hydrogen) atoms. The number of hydrogen-bond acceptors (Lipinski definition) is 3. The summed E-state index contributed by atoms with van der Waals surface area (Å²) in [5, 5.41) is 9.86. The minimum atomic E-state index is -0.0475. The standard InChI is InChI=1S/C19H22N4O2/c24-18-9-5-4-8-16-15(21-18)12-17(13-6-2-1-3-7-13)23(16)19(25)14-10-11-20-22-14/h1-3,6-7,10-11,15-17H,4-5,8-9,12H2,(H,20,22)(H,21,24)/t15-,16+,17+/m1/s1. The van der Waals surface area contributed by atoms with Gasteiger partial charge in [-0.2, -0.15) is 5.10 Å². The number of aromatic nitrogens is 2. The third-order valence-corrected chi connectivity index (χ3v) is 5.28. The van der Waals surface area contributed by atoms with Gasteiger partial charge in [-0.3, -0.25) is 14.7 Å². The van der Waals surface area contributed by atoms with Crippen molar-refractivity contribution in [1.82, 2.24) is 20.4 Å². The molecule has 0 spiro atoms. The second-order valence-corrected chi connectivity index (χ2v) is 6.83. The second-order valence-electron chi connectivity index (χ2n) is 6.83. The molecule has 1 aromatic carbocycles. The highest BCUT2D eigenvalue weighted by Gasteiger charge is 2.45. The first kappa shape index (κ1) is 15.9. The zero-order chi connectivity index (χ0) is 17.2.